The van der Waals surface area contributed by atoms with Crippen molar-refractivity contribution in [2.75, 3.05) is 30.4 Å². The van der Waals surface area contributed by atoms with Gasteiger partial charge in [0.05, 0.1) is 6.61 Å². The maximum atomic E-state index is 5.43. The number of nitrogens with zero attached hydrogens (tertiary/aromatic N) is 2. The van der Waals surface area contributed by atoms with E-state index in [0.717, 1.165) is 48.7 Å². The van der Waals surface area contributed by atoms with Gasteiger partial charge in [0.25, 0.3) is 0 Å². The van der Waals surface area contributed by atoms with Crippen molar-refractivity contribution in [3.63, 3.8) is 0 Å². The quantitative estimate of drug-likeness (QED) is 0.840. The van der Waals surface area contributed by atoms with E-state index in [1.54, 1.807) is 6.33 Å². The van der Waals surface area contributed by atoms with E-state index < -0.39 is 0 Å². The van der Waals surface area contributed by atoms with E-state index in [9.17, 15) is 0 Å². The van der Waals surface area contributed by atoms with Crippen molar-refractivity contribution in [1.82, 2.24) is 9.97 Å². The van der Waals surface area contributed by atoms with Crippen LogP contribution in [0.2, 0.25) is 0 Å². The van der Waals surface area contributed by atoms with Crippen molar-refractivity contribution in [3.8, 4) is 0 Å². The first-order valence-electron chi connectivity index (χ1n) is 6.81. The third-order valence-corrected chi connectivity index (χ3v) is 4.12. The molecule has 1 aliphatic rings. The topological polar surface area (TPSA) is 59.1 Å². The van der Waals surface area contributed by atoms with Crippen LogP contribution in [0.3, 0.4) is 0 Å². The summed E-state index contributed by atoms with van der Waals surface area (Å²) in [6.45, 7) is 6.90. The number of ether oxygens (including phenoxy) is 1. The lowest BCUT2D eigenvalue weighted by molar-refractivity contribution is 0.183. The SMILES string of the molecule is CCCNc1ncnc(NC(C)C2CCOC2)c1Br. The number of hydrogen-bond acceptors (Lipinski definition) is 5. The molecule has 1 aliphatic heterocycles. The average Bonchev–Trinajstić information content (AvgIpc) is 2.94. The predicted molar refractivity (Wildman–Crippen MR) is 80.5 cm³/mol. The van der Waals surface area contributed by atoms with Crippen LogP contribution in [0.15, 0.2) is 10.8 Å². The van der Waals surface area contributed by atoms with Crippen molar-refractivity contribution in [3.05, 3.63) is 10.8 Å². The summed E-state index contributed by atoms with van der Waals surface area (Å²) in [4.78, 5) is 8.56. The van der Waals surface area contributed by atoms with Crippen molar-refractivity contribution >= 4 is 27.6 Å². The lowest BCUT2D eigenvalue weighted by Gasteiger charge is -2.21. The summed E-state index contributed by atoms with van der Waals surface area (Å²) in [5.41, 5.74) is 0. The molecule has 1 aromatic heterocycles. The minimum absolute atomic E-state index is 0.340. The normalized spacial score (nSPS) is 20.3. The van der Waals surface area contributed by atoms with Gasteiger partial charge in [-0.05, 0) is 35.7 Å². The zero-order chi connectivity index (χ0) is 13.7. The molecule has 2 rings (SSSR count). The zero-order valence-corrected chi connectivity index (χ0v) is 13.0. The van der Waals surface area contributed by atoms with E-state index in [1.807, 2.05) is 0 Å². The van der Waals surface area contributed by atoms with Gasteiger partial charge in [-0.2, -0.15) is 0 Å². The van der Waals surface area contributed by atoms with Crippen molar-refractivity contribution in [1.29, 1.82) is 0 Å². The van der Waals surface area contributed by atoms with Gasteiger partial charge in [0.15, 0.2) is 0 Å². The number of rotatable bonds is 6. The number of halogens is 1. The van der Waals surface area contributed by atoms with Crippen LogP contribution in [0.4, 0.5) is 11.6 Å². The minimum Gasteiger partial charge on any atom is -0.381 e. The molecule has 19 heavy (non-hydrogen) atoms. The summed E-state index contributed by atoms with van der Waals surface area (Å²) in [6, 6.07) is 0.340. The monoisotopic (exact) mass is 328 g/mol. The molecule has 2 atom stereocenters. The van der Waals surface area contributed by atoms with Crippen molar-refractivity contribution < 1.29 is 4.74 Å². The van der Waals surface area contributed by atoms with Crippen molar-refractivity contribution in [2.24, 2.45) is 5.92 Å². The van der Waals surface area contributed by atoms with Gasteiger partial charge in [-0.3, -0.25) is 0 Å². The van der Waals surface area contributed by atoms with Crippen LogP contribution >= 0.6 is 15.9 Å². The number of hydrogen-bond donors (Lipinski definition) is 2. The summed E-state index contributed by atoms with van der Waals surface area (Å²) in [5.74, 6) is 2.23. The molecule has 0 aliphatic carbocycles. The molecule has 2 N–H and O–H groups in total. The first-order valence-corrected chi connectivity index (χ1v) is 7.60. The predicted octanol–water partition coefficient (Wildman–Crippen LogP) is 2.90. The van der Waals surface area contributed by atoms with E-state index in [2.05, 4.69) is 50.4 Å². The van der Waals surface area contributed by atoms with Crippen molar-refractivity contribution in [2.45, 2.75) is 32.7 Å². The summed E-state index contributed by atoms with van der Waals surface area (Å²) >= 11 is 3.57. The fourth-order valence-corrected chi connectivity index (χ4v) is 2.58. The molecule has 1 saturated heterocycles. The molecule has 5 nitrogen and oxygen atoms in total. The Kier molecular flexibility index (Phi) is 5.39. The second-order valence-corrected chi connectivity index (χ2v) is 5.66. The van der Waals surface area contributed by atoms with Gasteiger partial charge in [-0.1, -0.05) is 6.92 Å². The molecule has 0 bridgehead atoms. The maximum Gasteiger partial charge on any atom is 0.146 e. The largest absolute Gasteiger partial charge is 0.381 e. The zero-order valence-electron chi connectivity index (χ0n) is 11.4. The molecule has 0 amide bonds. The molecular weight excluding hydrogens is 308 g/mol. The van der Waals surface area contributed by atoms with Gasteiger partial charge < -0.3 is 15.4 Å². The van der Waals surface area contributed by atoms with Crippen LogP contribution < -0.4 is 10.6 Å². The Morgan fingerprint density at radius 1 is 1.47 bits per heavy atom. The Balaban J connectivity index is 2.02. The van der Waals surface area contributed by atoms with Crippen LogP contribution in [0.5, 0.6) is 0 Å². The Bertz CT molecular complexity index is 410. The molecule has 2 heterocycles. The van der Waals surface area contributed by atoms with E-state index in [0.29, 0.717) is 12.0 Å². The second kappa shape index (κ2) is 7.05. The average molecular weight is 329 g/mol. The van der Waals surface area contributed by atoms with Gasteiger partial charge in [-0.25, -0.2) is 9.97 Å². The van der Waals surface area contributed by atoms with Crippen LogP contribution in [-0.2, 0) is 4.74 Å². The van der Waals surface area contributed by atoms with Gasteiger partial charge in [0, 0.05) is 25.1 Å². The van der Waals surface area contributed by atoms with Gasteiger partial charge >= 0.3 is 0 Å². The molecule has 0 spiro atoms. The molecule has 1 fully saturated rings. The van der Waals surface area contributed by atoms with Crippen LogP contribution in [-0.4, -0.2) is 35.8 Å². The first kappa shape index (κ1) is 14.5. The molecule has 1 aromatic rings. The molecule has 0 radical (unpaired) electrons. The fourth-order valence-electron chi connectivity index (χ4n) is 2.12. The molecule has 106 valence electrons. The molecular formula is C13H21BrN4O. The molecule has 6 heteroatoms. The van der Waals surface area contributed by atoms with Gasteiger partial charge in [0.2, 0.25) is 0 Å². The van der Waals surface area contributed by atoms with Crippen LogP contribution in [0.25, 0.3) is 0 Å². The van der Waals surface area contributed by atoms with Gasteiger partial charge in [-0.15, -0.1) is 0 Å². The second-order valence-electron chi connectivity index (χ2n) is 4.87. The third-order valence-electron chi connectivity index (χ3n) is 3.37. The number of anilines is 2. The smallest absolute Gasteiger partial charge is 0.146 e. The Morgan fingerprint density at radius 2 is 2.26 bits per heavy atom. The van der Waals surface area contributed by atoms with E-state index in [4.69, 9.17) is 4.74 Å². The molecule has 0 aromatic carbocycles. The summed E-state index contributed by atoms with van der Waals surface area (Å²) in [6.07, 6.45) is 3.76. The third kappa shape index (κ3) is 3.79. The summed E-state index contributed by atoms with van der Waals surface area (Å²) < 4.78 is 6.32. The van der Waals surface area contributed by atoms with Crippen LogP contribution in [0.1, 0.15) is 26.7 Å². The Hall–Kier alpha value is -0.880. The summed E-state index contributed by atoms with van der Waals surface area (Å²) in [7, 11) is 0. The Labute approximate surface area is 122 Å². The highest BCUT2D eigenvalue weighted by Crippen LogP contribution is 2.28. The highest BCUT2D eigenvalue weighted by molar-refractivity contribution is 9.10. The molecule has 0 saturated carbocycles. The lowest BCUT2D eigenvalue weighted by Crippen LogP contribution is -2.27. The van der Waals surface area contributed by atoms with E-state index in [-0.39, 0.29) is 0 Å². The fraction of sp³-hybridized carbons (Fsp3) is 0.692. The number of aromatic nitrogens is 2. The first-order chi connectivity index (χ1) is 9.22. The van der Waals surface area contributed by atoms with E-state index in [1.165, 1.54) is 0 Å². The number of nitrogens with one attached hydrogen (secondary N) is 2. The lowest BCUT2D eigenvalue weighted by atomic mass is 10.0. The van der Waals surface area contributed by atoms with Gasteiger partial charge in [0.1, 0.15) is 22.4 Å². The Morgan fingerprint density at radius 3 is 2.95 bits per heavy atom. The highest BCUT2D eigenvalue weighted by atomic mass is 79.9. The highest BCUT2D eigenvalue weighted by Gasteiger charge is 2.23. The van der Waals surface area contributed by atoms with E-state index >= 15 is 0 Å². The maximum absolute atomic E-state index is 5.43. The standard InChI is InChI=1S/C13H21BrN4O/c1-3-5-15-12-11(14)13(17-8-16-12)18-9(2)10-4-6-19-7-10/h8-10H,3-7H2,1-2H3,(H2,15,16,17,18). The summed E-state index contributed by atoms with van der Waals surface area (Å²) in [5, 5.41) is 6.73. The molecule has 2 unspecified atom stereocenters. The van der Waals surface area contributed by atoms with Crippen LogP contribution in [0, 0.1) is 5.92 Å². The minimum atomic E-state index is 0.340.